The molecular weight excluding hydrogens is 346 g/mol. The summed E-state index contributed by atoms with van der Waals surface area (Å²) in [5, 5.41) is 2.66. The number of nitrogens with one attached hydrogen (secondary N) is 1. The SMILES string of the molecule is O=C(NCC#Cc1cccc(C(F)(F)F)c1)C1CC1c1ccc(F)cc1. The number of amides is 1. The summed E-state index contributed by atoms with van der Waals surface area (Å²) in [6, 6.07) is 10.8. The number of halogens is 4. The molecule has 1 fully saturated rings. The van der Waals surface area contributed by atoms with Gasteiger partial charge in [0.05, 0.1) is 12.1 Å². The van der Waals surface area contributed by atoms with Crippen LogP contribution in [0.15, 0.2) is 48.5 Å². The smallest absolute Gasteiger partial charge is 0.345 e. The largest absolute Gasteiger partial charge is 0.416 e. The molecule has 1 N–H and O–H groups in total. The minimum Gasteiger partial charge on any atom is -0.345 e. The fourth-order valence-electron chi connectivity index (χ4n) is 2.75. The van der Waals surface area contributed by atoms with Crippen molar-refractivity contribution < 1.29 is 22.4 Å². The molecule has 3 rings (SSSR count). The summed E-state index contributed by atoms with van der Waals surface area (Å²) in [4.78, 5) is 12.1. The first-order chi connectivity index (χ1) is 12.3. The summed E-state index contributed by atoms with van der Waals surface area (Å²) >= 11 is 0. The monoisotopic (exact) mass is 361 g/mol. The van der Waals surface area contributed by atoms with Crippen molar-refractivity contribution in [3.63, 3.8) is 0 Å². The number of carbonyl (C=O) groups is 1. The highest BCUT2D eigenvalue weighted by atomic mass is 19.4. The lowest BCUT2D eigenvalue weighted by atomic mass is 10.1. The molecule has 2 atom stereocenters. The molecule has 6 heteroatoms. The van der Waals surface area contributed by atoms with Gasteiger partial charge in [-0.25, -0.2) is 4.39 Å². The second kappa shape index (κ2) is 7.20. The summed E-state index contributed by atoms with van der Waals surface area (Å²) < 4.78 is 50.8. The van der Waals surface area contributed by atoms with Gasteiger partial charge in [0, 0.05) is 11.5 Å². The van der Waals surface area contributed by atoms with E-state index in [-0.39, 0.29) is 35.7 Å². The standard InChI is InChI=1S/C20H15F4NO/c21-16-8-6-14(7-9-16)17-12-18(17)19(26)25-10-2-4-13-3-1-5-15(11-13)20(22,23)24/h1,3,5-9,11,17-18H,10,12H2,(H,25,26). The lowest BCUT2D eigenvalue weighted by molar-refractivity contribution is -0.137. The lowest BCUT2D eigenvalue weighted by Crippen LogP contribution is -2.25. The zero-order valence-corrected chi connectivity index (χ0v) is 13.6. The van der Waals surface area contributed by atoms with Crippen molar-refractivity contribution in [1.29, 1.82) is 0 Å². The third-order valence-corrected chi connectivity index (χ3v) is 4.20. The first kappa shape index (κ1) is 18.0. The minimum absolute atomic E-state index is 0.0573. The van der Waals surface area contributed by atoms with Crippen LogP contribution in [0.5, 0.6) is 0 Å². The summed E-state index contributed by atoms with van der Waals surface area (Å²) in [7, 11) is 0. The predicted molar refractivity (Wildman–Crippen MR) is 88.6 cm³/mol. The average Bonchev–Trinajstić information content (AvgIpc) is 3.39. The molecule has 26 heavy (non-hydrogen) atoms. The normalized spacial score (nSPS) is 18.6. The van der Waals surface area contributed by atoms with Crippen LogP contribution >= 0.6 is 0 Å². The molecule has 0 aromatic heterocycles. The van der Waals surface area contributed by atoms with Crippen molar-refractivity contribution in [2.45, 2.75) is 18.5 Å². The Morgan fingerprint density at radius 3 is 2.58 bits per heavy atom. The van der Waals surface area contributed by atoms with E-state index >= 15 is 0 Å². The van der Waals surface area contributed by atoms with Gasteiger partial charge in [0.1, 0.15) is 5.82 Å². The number of hydrogen-bond donors (Lipinski definition) is 1. The van der Waals surface area contributed by atoms with Crippen LogP contribution < -0.4 is 5.32 Å². The Morgan fingerprint density at radius 2 is 1.88 bits per heavy atom. The van der Waals surface area contributed by atoms with Gasteiger partial charge in [-0.3, -0.25) is 4.79 Å². The van der Waals surface area contributed by atoms with Crippen LogP contribution in [0.4, 0.5) is 17.6 Å². The Hall–Kier alpha value is -2.81. The van der Waals surface area contributed by atoms with Crippen LogP contribution in [0.2, 0.25) is 0 Å². The molecule has 1 aliphatic rings. The van der Waals surface area contributed by atoms with E-state index in [0.717, 1.165) is 17.7 Å². The van der Waals surface area contributed by atoms with E-state index in [2.05, 4.69) is 17.2 Å². The highest BCUT2D eigenvalue weighted by Crippen LogP contribution is 2.47. The Kier molecular flexibility index (Phi) is 4.99. The molecule has 1 saturated carbocycles. The van der Waals surface area contributed by atoms with Crippen LogP contribution in [0, 0.1) is 23.6 Å². The number of rotatable bonds is 3. The zero-order valence-electron chi connectivity index (χ0n) is 13.6. The molecule has 2 nitrogen and oxygen atoms in total. The Balaban J connectivity index is 1.51. The molecule has 1 aliphatic carbocycles. The third-order valence-electron chi connectivity index (χ3n) is 4.20. The van der Waals surface area contributed by atoms with Gasteiger partial charge in [0.2, 0.25) is 5.91 Å². The van der Waals surface area contributed by atoms with E-state index in [4.69, 9.17) is 0 Å². The second-order valence-electron chi connectivity index (χ2n) is 6.10. The van der Waals surface area contributed by atoms with Gasteiger partial charge >= 0.3 is 6.18 Å². The molecule has 0 aliphatic heterocycles. The molecule has 0 spiro atoms. The van der Waals surface area contributed by atoms with Gasteiger partial charge in [0.15, 0.2) is 0 Å². The maximum absolute atomic E-state index is 12.9. The maximum Gasteiger partial charge on any atom is 0.416 e. The Bertz CT molecular complexity index is 862. The van der Waals surface area contributed by atoms with Gasteiger partial charge in [-0.05, 0) is 48.2 Å². The van der Waals surface area contributed by atoms with E-state index < -0.39 is 11.7 Å². The van der Waals surface area contributed by atoms with Gasteiger partial charge < -0.3 is 5.32 Å². The molecule has 2 aromatic rings. The van der Waals surface area contributed by atoms with E-state index in [1.165, 1.54) is 24.3 Å². The van der Waals surface area contributed by atoms with Crippen molar-refractivity contribution in [3.8, 4) is 11.8 Å². The lowest BCUT2D eigenvalue weighted by Gasteiger charge is -2.05. The molecule has 1 amide bonds. The number of benzene rings is 2. The van der Waals surface area contributed by atoms with Gasteiger partial charge in [-0.15, -0.1) is 0 Å². The molecule has 0 bridgehead atoms. The minimum atomic E-state index is -4.41. The zero-order chi connectivity index (χ0) is 18.7. The van der Waals surface area contributed by atoms with E-state index in [1.54, 1.807) is 12.1 Å². The molecule has 0 saturated heterocycles. The van der Waals surface area contributed by atoms with Crippen molar-refractivity contribution in [1.82, 2.24) is 5.32 Å². The van der Waals surface area contributed by atoms with Crippen molar-refractivity contribution in [2.75, 3.05) is 6.54 Å². The van der Waals surface area contributed by atoms with Crippen LogP contribution in [0.3, 0.4) is 0 Å². The van der Waals surface area contributed by atoms with Crippen LogP contribution in [0.25, 0.3) is 0 Å². The van der Waals surface area contributed by atoms with Crippen LogP contribution in [0.1, 0.15) is 29.0 Å². The van der Waals surface area contributed by atoms with E-state index in [0.29, 0.717) is 6.42 Å². The molecule has 134 valence electrons. The van der Waals surface area contributed by atoms with Gasteiger partial charge in [-0.2, -0.15) is 13.2 Å². The number of hydrogen-bond acceptors (Lipinski definition) is 1. The van der Waals surface area contributed by atoms with E-state index in [1.807, 2.05) is 0 Å². The summed E-state index contributed by atoms with van der Waals surface area (Å²) in [5.41, 5.74) is 0.403. The van der Waals surface area contributed by atoms with Crippen LogP contribution in [-0.2, 0) is 11.0 Å². The highest BCUT2D eigenvalue weighted by molar-refractivity contribution is 5.83. The molecule has 2 aromatic carbocycles. The average molecular weight is 361 g/mol. The highest BCUT2D eigenvalue weighted by Gasteiger charge is 2.43. The number of alkyl halides is 3. The predicted octanol–water partition coefficient (Wildman–Crippen LogP) is 4.12. The second-order valence-corrected chi connectivity index (χ2v) is 6.10. The topological polar surface area (TPSA) is 29.1 Å². The number of carbonyl (C=O) groups excluding carboxylic acids is 1. The Morgan fingerprint density at radius 1 is 1.15 bits per heavy atom. The fraction of sp³-hybridized carbons (Fsp3) is 0.250. The van der Waals surface area contributed by atoms with Gasteiger partial charge in [0.25, 0.3) is 0 Å². The first-order valence-corrected chi connectivity index (χ1v) is 8.04. The van der Waals surface area contributed by atoms with Gasteiger partial charge in [-0.1, -0.05) is 30.0 Å². The fourth-order valence-corrected chi connectivity index (χ4v) is 2.75. The summed E-state index contributed by atoms with van der Waals surface area (Å²) in [6.45, 7) is 0.0573. The van der Waals surface area contributed by atoms with Crippen molar-refractivity contribution in [3.05, 3.63) is 71.0 Å². The quantitative estimate of drug-likeness (QED) is 0.647. The first-order valence-electron chi connectivity index (χ1n) is 8.04. The van der Waals surface area contributed by atoms with Crippen LogP contribution in [-0.4, -0.2) is 12.5 Å². The van der Waals surface area contributed by atoms with Crippen molar-refractivity contribution in [2.24, 2.45) is 5.92 Å². The molecule has 2 unspecified atom stereocenters. The molecular formula is C20H15F4NO. The third kappa shape index (κ3) is 4.42. The Labute approximate surface area is 148 Å². The maximum atomic E-state index is 12.9. The summed E-state index contributed by atoms with van der Waals surface area (Å²) in [5.74, 6) is 4.70. The summed E-state index contributed by atoms with van der Waals surface area (Å²) in [6.07, 6.45) is -3.72. The van der Waals surface area contributed by atoms with E-state index in [9.17, 15) is 22.4 Å². The molecule has 0 heterocycles. The molecule has 0 radical (unpaired) electrons. The van der Waals surface area contributed by atoms with Crippen molar-refractivity contribution >= 4 is 5.91 Å².